The van der Waals surface area contributed by atoms with Crippen molar-refractivity contribution in [1.82, 2.24) is 15.0 Å². The molecule has 0 spiro atoms. The maximum absolute atomic E-state index is 5.65. The van der Waals surface area contributed by atoms with Crippen molar-refractivity contribution >= 4 is 23.7 Å². The first-order valence-electron chi connectivity index (χ1n) is 6.61. The van der Waals surface area contributed by atoms with Crippen LogP contribution in [0.4, 0.5) is 11.9 Å². The zero-order valence-corrected chi connectivity index (χ0v) is 12.3. The molecule has 0 aromatic carbocycles. The van der Waals surface area contributed by atoms with Crippen LogP contribution < -0.4 is 15.8 Å². The molecule has 0 aliphatic heterocycles. The van der Waals surface area contributed by atoms with Gasteiger partial charge in [0.05, 0.1) is 6.61 Å². The van der Waals surface area contributed by atoms with Crippen LogP contribution >= 0.6 is 11.8 Å². The average Bonchev–Trinajstić information content (AvgIpc) is 2.86. The lowest BCUT2D eigenvalue weighted by molar-refractivity contribution is 0.312. The van der Waals surface area contributed by atoms with Crippen LogP contribution in [0.2, 0.25) is 0 Å². The second kappa shape index (κ2) is 6.27. The highest BCUT2D eigenvalue weighted by Gasteiger charge is 2.32. The number of nitrogens with one attached hydrogen (secondary N) is 1. The van der Waals surface area contributed by atoms with E-state index in [1.165, 1.54) is 25.7 Å². The van der Waals surface area contributed by atoms with E-state index in [1.54, 1.807) is 0 Å². The highest BCUT2D eigenvalue weighted by molar-refractivity contribution is 8.00. The highest BCUT2D eigenvalue weighted by atomic mass is 32.2. The van der Waals surface area contributed by atoms with Crippen LogP contribution in [0.5, 0.6) is 6.01 Å². The summed E-state index contributed by atoms with van der Waals surface area (Å²) in [4.78, 5) is 12.2. The summed E-state index contributed by atoms with van der Waals surface area (Å²) in [6, 6.07) is 0.280. The van der Waals surface area contributed by atoms with E-state index in [9.17, 15) is 0 Å². The van der Waals surface area contributed by atoms with E-state index in [1.807, 2.05) is 18.7 Å². The van der Waals surface area contributed by atoms with Crippen molar-refractivity contribution in [2.75, 3.05) is 30.5 Å². The van der Waals surface area contributed by atoms with E-state index in [0.717, 1.165) is 6.54 Å². The molecule has 1 fully saturated rings. The van der Waals surface area contributed by atoms with E-state index in [4.69, 9.17) is 10.5 Å². The van der Waals surface area contributed by atoms with Crippen LogP contribution in [-0.2, 0) is 0 Å². The molecule has 0 saturated heterocycles. The Hall–Kier alpha value is -1.24. The first-order valence-corrected chi connectivity index (χ1v) is 7.83. The normalized spacial score (nSPS) is 17.4. The summed E-state index contributed by atoms with van der Waals surface area (Å²) in [5.41, 5.74) is 5.65. The van der Waals surface area contributed by atoms with Gasteiger partial charge in [0.2, 0.25) is 11.9 Å². The summed E-state index contributed by atoms with van der Waals surface area (Å²) in [5.74, 6) is 0.682. The first-order chi connectivity index (χ1) is 9.17. The molecule has 7 heteroatoms. The minimum atomic E-state index is 0.186. The van der Waals surface area contributed by atoms with Crippen LogP contribution in [0.15, 0.2) is 0 Å². The predicted octanol–water partition coefficient (Wildman–Crippen LogP) is 1.94. The van der Waals surface area contributed by atoms with E-state index in [0.29, 0.717) is 17.3 Å². The van der Waals surface area contributed by atoms with Crippen molar-refractivity contribution < 1.29 is 4.74 Å². The number of aromatic nitrogens is 3. The Kier molecular flexibility index (Phi) is 4.68. The molecular weight excluding hydrogens is 262 g/mol. The number of rotatable bonds is 6. The maximum Gasteiger partial charge on any atom is 0.323 e. The number of nitrogens with two attached hydrogens (primary N) is 1. The van der Waals surface area contributed by atoms with Crippen LogP contribution in [0, 0.1) is 0 Å². The van der Waals surface area contributed by atoms with Crippen LogP contribution in [-0.4, -0.2) is 39.1 Å². The quantitative estimate of drug-likeness (QED) is 0.825. The van der Waals surface area contributed by atoms with Gasteiger partial charge in [0, 0.05) is 11.3 Å². The number of ether oxygens (including phenoxy) is 1. The Bertz CT molecular complexity index is 423. The molecular formula is C12H21N5OS. The Morgan fingerprint density at radius 3 is 2.68 bits per heavy atom. The lowest BCUT2D eigenvalue weighted by Crippen LogP contribution is -2.30. The molecule has 0 radical (unpaired) electrons. The van der Waals surface area contributed by atoms with Gasteiger partial charge in [-0.1, -0.05) is 12.8 Å². The molecule has 6 nitrogen and oxygen atoms in total. The van der Waals surface area contributed by atoms with Crippen LogP contribution in [0.3, 0.4) is 0 Å². The summed E-state index contributed by atoms with van der Waals surface area (Å²) in [7, 11) is 0. The summed E-state index contributed by atoms with van der Waals surface area (Å²) in [6.45, 7) is 3.25. The van der Waals surface area contributed by atoms with Gasteiger partial charge in [-0.2, -0.15) is 26.7 Å². The maximum atomic E-state index is 5.65. The van der Waals surface area contributed by atoms with E-state index in [-0.39, 0.29) is 12.0 Å². The summed E-state index contributed by atoms with van der Waals surface area (Å²) in [6.07, 6.45) is 7.23. The third-order valence-electron chi connectivity index (χ3n) is 3.42. The van der Waals surface area contributed by atoms with Gasteiger partial charge in [0.15, 0.2) is 0 Å². The van der Waals surface area contributed by atoms with Crippen LogP contribution in [0.1, 0.15) is 32.6 Å². The van der Waals surface area contributed by atoms with Gasteiger partial charge in [-0.25, -0.2) is 0 Å². The number of thioether (sulfide) groups is 1. The first kappa shape index (κ1) is 14.2. The third kappa shape index (κ3) is 3.62. The zero-order valence-electron chi connectivity index (χ0n) is 11.5. The smallest absolute Gasteiger partial charge is 0.323 e. The van der Waals surface area contributed by atoms with Crippen molar-refractivity contribution in [2.24, 2.45) is 0 Å². The average molecular weight is 283 g/mol. The molecule has 106 valence electrons. The van der Waals surface area contributed by atoms with E-state index < -0.39 is 0 Å². The van der Waals surface area contributed by atoms with E-state index in [2.05, 4.69) is 26.5 Å². The van der Waals surface area contributed by atoms with Crippen molar-refractivity contribution in [3.05, 3.63) is 0 Å². The Morgan fingerprint density at radius 1 is 1.32 bits per heavy atom. The van der Waals surface area contributed by atoms with E-state index >= 15 is 0 Å². The Labute approximate surface area is 117 Å². The number of hydrogen-bond donors (Lipinski definition) is 2. The summed E-state index contributed by atoms with van der Waals surface area (Å²) >= 11 is 1.92. The standard InChI is InChI=1S/C12H21N5OS/c1-3-18-11-16-9(13)15-10(17-11)14-8-12(19-2)6-4-5-7-12/h3-8H2,1-2H3,(H3,13,14,15,16,17). The van der Waals surface area contributed by atoms with Crippen molar-refractivity contribution in [2.45, 2.75) is 37.4 Å². The van der Waals surface area contributed by atoms with Gasteiger partial charge in [-0.05, 0) is 26.0 Å². The molecule has 0 unspecified atom stereocenters. The second-order valence-electron chi connectivity index (χ2n) is 4.68. The van der Waals surface area contributed by atoms with Gasteiger partial charge in [0.25, 0.3) is 0 Å². The molecule has 1 heterocycles. The van der Waals surface area contributed by atoms with Crippen LogP contribution in [0.25, 0.3) is 0 Å². The predicted molar refractivity (Wildman–Crippen MR) is 78.6 cm³/mol. The van der Waals surface area contributed by atoms with Gasteiger partial charge in [-0.15, -0.1) is 0 Å². The van der Waals surface area contributed by atoms with Gasteiger partial charge in [0.1, 0.15) is 0 Å². The fraction of sp³-hybridized carbons (Fsp3) is 0.750. The highest BCUT2D eigenvalue weighted by Crippen LogP contribution is 2.40. The molecule has 0 amide bonds. The molecule has 1 saturated carbocycles. The molecule has 1 aromatic heterocycles. The molecule has 19 heavy (non-hydrogen) atoms. The molecule has 0 bridgehead atoms. The number of anilines is 2. The third-order valence-corrected chi connectivity index (χ3v) is 4.84. The SMILES string of the molecule is CCOc1nc(N)nc(NCC2(SC)CCCC2)n1. The molecule has 0 atom stereocenters. The topological polar surface area (TPSA) is 86.0 Å². The van der Waals surface area contributed by atoms with Gasteiger partial charge < -0.3 is 15.8 Å². The molecule has 1 aliphatic rings. The number of hydrogen-bond acceptors (Lipinski definition) is 7. The fourth-order valence-electron chi connectivity index (χ4n) is 2.36. The Balaban J connectivity index is 2.02. The molecule has 1 aliphatic carbocycles. The lowest BCUT2D eigenvalue weighted by Gasteiger charge is -2.26. The lowest BCUT2D eigenvalue weighted by atomic mass is 10.1. The zero-order chi connectivity index (χ0) is 13.7. The Morgan fingerprint density at radius 2 is 2.05 bits per heavy atom. The molecule has 3 N–H and O–H groups in total. The monoisotopic (exact) mass is 283 g/mol. The fourth-order valence-corrected chi connectivity index (χ4v) is 3.27. The van der Waals surface area contributed by atoms with Crippen molar-refractivity contribution in [3.8, 4) is 6.01 Å². The second-order valence-corrected chi connectivity index (χ2v) is 5.95. The van der Waals surface area contributed by atoms with Crippen molar-refractivity contribution in [1.29, 1.82) is 0 Å². The van der Waals surface area contributed by atoms with Gasteiger partial charge in [-0.3, -0.25) is 0 Å². The van der Waals surface area contributed by atoms with Crippen molar-refractivity contribution in [3.63, 3.8) is 0 Å². The number of nitrogens with zero attached hydrogens (tertiary/aromatic N) is 3. The molecule has 2 rings (SSSR count). The largest absolute Gasteiger partial charge is 0.464 e. The van der Waals surface area contributed by atoms with Gasteiger partial charge >= 0.3 is 6.01 Å². The molecule has 1 aromatic rings. The minimum absolute atomic E-state index is 0.186. The summed E-state index contributed by atoms with van der Waals surface area (Å²) in [5, 5.41) is 3.27. The number of nitrogen functional groups attached to an aromatic ring is 1. The summed E-state index contributed by atoms with van der Waals surface area (Å²) < 4.78 is 5.56. The minimum Gasteiger partial charge on any atom is -0.464 e.